The largest absolute Gasteiger partial charge is 0.378 e. The fraction of sp³-hybridized carbons (Fsp3) is 0.0714. The van der Waals surface area contributed by atoms with E-state index in [-0.39, 0.29) is 17.5 Å². The Bertz CT molecular complexity index is 925. The normalized spacial score (nSPS) is 10.6. The van der Waals surface area contributed by atoms with E-state index in [9.17, 15) is 10.1 Å². The van der Waals surface area contributed by atoms with Crippen molar-refractivity contribution in [2.45, 2.75) is 6.92 Å². The van der Waals surface area contributed by atoms with E-state index in [0.29, 0.717) is 10.7 Å². The van der Waals surface area contributed by atoms with Crippen LogP contribution in [0.4, 0.5) is 23.1 Å². The van der Waals surface area contributed by atoms with Crippen LogP contribution in [0.3, 0.4) is 0 Å². The average Bonchev–Trinajstić information content (AvgIpc) is 2.88. The molecule has 0 saturated heterocycles. The van der Waals surface area contributed by atoms with Gasteiger partial charge in [0.25, 0.3) is 0 Å². The zero-order valence-corrected chi connectivity index (χ0v) is 13.2. The van der Waals surface area contributed by atoms with Crippen LogP contribution in [0.15, 0.2) is 36.7 Å². The van der Waals surface area contributed by atoms with Gasteiger partial charge in [-0.25, -0.2) is 9.67 Å². The van der Waals surface area contributed by atoms with Crippen LogP contribution in [0, 0.1) is 17.0 Å². The molecule has 0 aliphatic heterocycles. The monoisotopic (exact) mass is 345 g/mol. The second-order valence-electron chi connectivity index (χ2n) is 4.88. The number of nitrogens with one attached hydrogen (secondary N) is 1. The highest BCUT2D eigenvalue weighted by Crippen LogP contribution is 2.24. The molecule has 0 aliphatic rings. The molecule has 2 heterocycles. The molecule has 9 nitrogen and oxygen atoms in total. The van der Waals surface area contributed by atoms with Crippen LogP contribution >= 0.6 is 11.6 Å². The van der Waals surface area contributed by atoms with Gasteiger partial charge in [-0.05, 0) is 25.1 Å². The third-order valence-corrected chi connectivity index (χ3v) is 3.54. The highest BCUT2D eigenvalue weighted by atomic mass is 35.5. The molecule has 122 valence electrons. The minimum Gasteiger partial charge on any atom is -0.378 e. The number of aromatic nitrogens is 4. The summed E-state index contributed by atoms with van der Waals surface area (Å²) in [6, 6.07) is 7.25. The molecule has 3 rings (SSSR count). The van der Waals surface area contributed by atoms with Crippen LogP contribution in [0.2, 0.25) is 5.02 Å². The van der Waals surface area contributed by atoms with Crippen molar-refractivity contribution in [3.63, 3.8) is 0 Å². The van der Waals surface area contributed by atoms with E-state index in [0.717, 1.165) is 17.6 Å². The number of benzene rings is 1. The number of hydrogen-bond acceptors (Lipinski definition) is 7. The molecule has 3 aromatic rings. The Kier molecular flexibility index (Phi) is 4.00. The van der Waals surface area contributed by atoms with Gasteiger partial charge in [-0.1, -0.05) is 17.7 Å². The van der Waals surface area contributed by atoms with Gasteiger partial charge in [0.05, 0.1) is 28.2 Å². The molecule has 3 N–H and O–H groups in total. The summed E-state index contributed by atoms with van der Waals surface area (Å²) in [6.45, 7) is 1.85. The molecule has 0 amide bonds. The quantitative estimate of drug-likeness (QED) is 0.550. The Hall–Kier alpha value is -3.20. The maximum absolute atomic E-state index is 10.7. The van der Waals surface area contributed by atoms with Gasteiger partial charge in [0.1, 0.15) is 6.20 Å². The zero-order valence-electron chi connectivity index (χ0n) is 12.5. The van der Waals surface area contributed by atoms with Gasteiger partial charge < -0.3 is 11.1 Å². The minimum atomic E-state index is -0.637. The van der Waals surface area contributed by atoms with Gasteiger partial charge in [0.15, 0.2) is 0 Å². The Balaban J connectivity index is 1.89. The molecule has 1 aromatic carbocycles. The Morgan fingerprint density at radius 1 is 1.38 bits per heavy atom. The first-order chi connectivity index (χ1) is 11.5. The second-order valence-corrected chi connectivity index (χ2v) is 5.32. The molecule has 0 aliphatic carbocycles. The predicted molar refractivity (Wildman–Crippen MR) is 89.7 cm³/mol. The number of rotatable bonds is 4. The number of nitrogens with two attached hydrogens (primary N) is 1. The van der Waals surface area contributed by atoms with Gasteiger partial charge >= 0.3 is 5.69 Å². The van der Waals surface area contributed by atoms with E-state index < -0.39 is 4.92 Å². The first kappa shape index (κ1) is 15.7. The van der Waals surface area contributed by atoms with Crippen molar-refractivity contribution < 1.29 is 4.92 Å². The van der Waals surface area contributed by atoms with E-state index in [1.807, 2.05) is 19.1 Å². The number of hydrogen-bond donors (Lipinski definition) is 2. The molecule has 0 atom stereocenters. The van der Waals surface area contributed by atoms with Crippen molar-refractivity contribution in [2.75, 3.05) is 11.1 Å². The molecule has 0 bridgehead atoms. The standard InChI is InChI=1S/C14H12ClN7O2/c1-8-11(6-18-21(8)10-4-2-3-9(15)5-10)19-14-17-7-12(22(23)24)13(16)20-14/h2-7H,1H3,(H3,16,17,19,20). The highest BCUT2D eigenvalue weighted by molar-refractivity contribution is 6.30. The number of nitro groups is 1. The SMILES string of the molecule is Cc1c(Nc2ncc([N+](=O)[O-])c(N)n2)cnn1-c1cccc(Cl)c1. The fourth-order valence-corrected chi connectivity index (χ4v) is 2.30. The smallest absolute Gasteiger partial charge is 0.329 e. The molecular formula is C14H12ClN7O2. The number of nitrogens with zero attached hydrogens (tertiary/aromatic N) is 5. The summed E-state index contributed by atoms with van der Waals surface area (Å²) >= 11 is 6.00. The maximum Gasteiger partial charge on any atom is 0.329 e. The van der Waals surface area contributed by atoms with Crippen LogP contribution in [0.1, 0.15) is 5.69 Å². The van der Waals surface area contributed by atoms with Gasteiger partial charge in [-0.3, -0.25) is 10.1 Å². The van der Waals surface area contributed by atoms with E-state index in [1.54, 1.807) is 23.0 Å². The summed E-state index contributed by atoms with van der Waals surface area (Å²) in [5, 5.41) is 18.6. The third-order valence-electron chi connectivity index (χ3n) is 3.30. The molecule has 0 radical (unpaired) electrons. The fourth-order valence-electron chi connectivity index (χ4n) is 2.11. The summed E-state index contributed by atoms with van der Waals surface area (Å²) < 4.78 is 1.70. The van der Waals surface area contributed by atoms with E-state index in [4.69, 9.17) is 17.3 Å². The molecular weight excluding hydrogens is 334 g/mol. The summed E-state index contributed by atoms with van der Waals surface area (Å²) in [5.74, 6) is -0.0655. The Morgan fingerprint density at radius 3 is 2.83 bits per heavy atom. The lowest BCUT2D eigenvalue weighted by Crippen LogP contribution is -2.04. The third kappa shape index (κ3) is 2.97. The topological polar surface area (TPSA) is 125 Å². The van der Waals surface area contributed by atoms with Gasteiger partial charge in [-0.2, -0.15) is 10.1 Å². The first-order valence-corrected chi connectivity index (χ1v) is 7.18. The molecule has 0 fully saturated rings. The van der Waals surface area contributed by atoms with Crippen LogP contribution in [0.5, 0.6) is 0 Å². The molecule has 2 aromatic heterocycles. The maximum atomic E-state index is 10.7. The van der Waals surface area contributed by atoms with E-state index >= 15 is 0 Å². The van der Waals surface area contributed by atoms with Crippen LogP contribution in [-0.4, -0.2) is 24.7 Å². The van der Waals surface area contributed by atoms with E-state index in [2.05, 4.69) is 20.4 Å². The highest BCUT2D eigenvalue weighted by Gasteiger charge is 2.15. The van der Waals surface area contributed by atoms with Crippen LogP contribution < -0.4 is 11.1 Å². The van der Waals surface area contributed by atoms with E-state index in [1.165, 1.54) is 0 Å². The van der Waals surface area contributed by atoms with Crippen molar-refractivity contribution >= 4 is 34.7 Å². The second kappa shape index (κ2) is 6.13. The molecule has 10 heteroatoms. The van der Waals surface area contributed by atoms with Crippen molar-refractivity contribution in [1.29, 1.82) is 0 Å². The first-order valence-electron chi connectivity index (χ1n) is 6.80. The van der Waals surface area contributed by atoms with Gasteiger partial charge in [0.2, 0.25) is 11.8 Å². The zero-order chi connectivity index (χ0) is 17.3. The molecule has 24 heavy (non-hydrogen) atoms. The lowest BCUT2D eigenvalue weighted by atomic mass is 10.3. The van der Waals surface area contributed by atoms with Crippen molar-refractivity contribution in [3.8, 4) is 5.69 Å². The summed E-state index contributed by atoms with van der Waals surface area (Å²) in [6.07, 6.45) is 2.65. The van der Waals surface area contributed by atoms with Crippen molar-refractivity contribution in [3.05, 3.63) is 57.5 Å². The number of anilines is 3. The summed E-state index contributed by atoms with van der Waals surface area (Å²) in [7, 11) is 0. The lowest BCUT2D eigenvalue weighted by molar-refractivity contribution is -0.384. The average molecular weight is 346 g/mol. The van der Waals surface area contributed by atoms with Crippen LogP contribution in [0.25, 0.3) is 5.69 Å². The predicted octanol–water partition coefficient (Wildman–Crippen LogP) is 2.86. The lowest BCUT2D eigenvalue weighted by Gasteiger charge is -2.07. The Labute approximate surface area is 141 Å². The molecule has 0 unspecified atom stereocenters. The molecule has 0 saturated carbocycles. The van der Waals surface area contributed by atoms with Crippen molar-refractivity contribution in [1.82, 2.24) is 19.7 Å². The van der Waals surface area contributed by atoms with Crippen LogP contribution in [-0.2, 0) is 0 Å². The number of nitrogen functional groups attached to an aromatic ring is 1. The summed E-state index contributed by atoms with van der Waals surface area (Å²) in [4.78, 5) is 17.9. The minimum absolute atomic E-state index is 0.145. The summed E-state index contributed by atoms with van der Waals surface area (Å²) in [5.41, 5.74) is 7.45. The van der Waals surface area contributed by atoms with Gasteiger partial charge in [-0.15, -0.1) is 0 Å². The van der Waals surface area contributed by atoms with Gasteiger partial charge in [0, 0.05) is 5.02 Å². The number of halogens is 1. The molecule has 0 spiro atoms. The van der Waals surface area contributed by atoms with Crippen molar-refractivity contribution in [2.24, 2.45) is 0 Å². The Morgan fingerprint density at radius 2 is 2.17 bits per heavy atom.